The quantitative estimate of drug-likeness (QED) is 0.713. The van der Waals surface area contributed by atoms with E-state index in [1.165, 1.54) is 4.90 Å². The molecule has 1 saturated heterocycles. The fraction of sp³-hybridized carbons (Fsp3) is 0.538. The van der Waals surface area contributed by atoms with Gasteiger partial charge in [-0.2, -0.15) is 5.10 Å². The van der Waals surface area contributed by atoms with Crippen LogP contribution in [0.25, 0.3) is 0 Å². The lowest BCUT2D eigenvalue weighted by Crippen LogP contribution is -2.47. The molecule has 0 bridgehead atoms. The number of nitrogens with two attached hydrogens (primary N) is 1. The molecule has 8 nitrogen and oxygen atoms in total. The largest absolute Gasteiger partial charge is 0.368 e. The Hall–Kier alpha value is -2.38. The topological polar surface area (TPSA) is 110 Å². The summed E-state index contributed by atoms with van der Waals surface area (Å²) in [6.45, 7) is 3.90. The summed E-state index contributed by atoms with van der Waals surface area (Å²) in [5.74, 6) is -2.09. The minimum absolute atomic E-state index is 0.366. The van der Waals surface area contributed by atoms with E-state index in [4.69, 9.17) is 5.73 Å². The van der Waals surface area contributed by atoms with Gasteiger partial charge in [0.1, 0.15) is 6.04 Å². The first-order chi connectivity index (χ1) is 9.82. The Kier molecular flexibility index (Phi) is 3.97. The molecule has 0 aliphatic carbocycles. The van der Waals surface area contributed by atoms with Crippen LogP contribution in [0.5, 0.6) is 0 Å². The number of rotatable bonds is 2. The number of likely N-dealkylation sites (tertiary alicyclic amines) is 1. The Balaban J connectivity index is 2.13. The maximum atomic E-state index is 12.2. The molecule has 0 aromatic carbocycles. The maximum absolute atomic E-state index is 12.2. The van der Waals surface area contributed by atoms with Crippen LogP contribution in [0.3, 0.4) is 0 Å². The zero-order valence-corrected chi connectivity index (χ0v) is 12.3. The number of aryl methyl sites for hydroxylation is 2. The van der Waals surface area contributed by atoms with Gasteiger partial charge >= 0.3 is 11.8 Å². The second-order valence-corrected chi connectivity index (χ2v) is 5.18. The molecule has 1 aliphatic heterocycles. The van der Waals surface area contributed by atoms with Crippen LogP contribution in [0, 0.1) is 13.8 Å². The summed E-state index contributed by atoms with van der Waals surface area (Å²) in [5, 5.41) is 6.74. The third kappa shape index (κ3) is 2.74. The van der Waals surface area contributed by atoms with Crippen LogP contribution >= 0.6 is 0 Å². The highest BCUT2D eigenvalue weighted by Gasteiger charge is 2.36. The number of nitrogens with zero attached hydrogens (tertiary/aromatic N) is 3. The lowest BCUT2D eigenvalue weighted by Gasteiger charge is -2.21. The van der Waals surface area contributed by atoms with Gasteiger partial charge in [-0.3, -0.25) is 19.1 Å². The maximum Gasteiger partial charge on any atom is 0.314 e. The van der Waals surface area contributed by atoms with Crippen molar-refractivity contribution in [2.75, 3.05) is 11.9 Å². The van der Waals surface area contributed by atoms with Gasteiger partial charge in [0.2, 0.25) is 5.91 Å². The Morgan fingerprint density at radius 3 is 2.52 bits per heavy atom. The predicted molar refractivity (Wildman–Crippen MR) is 75.2 cm³/mol. The van der Waals surface area contributed by atoms with Crippen LogP contribution in [0.15, 0.2) is 0 Å². The monoisotopic (exact) mass is 293 g/mol. The molecule has 114 valence electrons. The van der Waals surface area contributed by atoms with Crippen LogP contribution < -0.4 is 11.1 Å². The predicted octanol–water partition coefficient (Wildman–Crippen LogP) is -0.548. The molecule has 3 N–H and O–H groups in total. The molecular formula is C13H19N5O3. The second-order valence-electron chi connectivity index (χ2n) is 5.18. The molecule has 2 heterocycles. The van der Waals surface area contributed by atoms with Gasteiger partial charge in [0.05, 0.1) is 17.1 Å². The summed E-state index contributed by atoms with van der Waals surface area (Å²) in [6, 6.07) is -0.695. The van der Waals surface area contributed by atoms with E-state index in [1.807, 2.05) is 0 Å². The van der Waals surface area contributed by atoms with Gasteiger partial charge in [0, 0.05) is 13.6 Å². The van der Waals surface area contributed by atoms with E-state index in [2.05, 4.69) is 10.4 Å². The molecule has 0 radical (unpaired) electrons. The minimum atomic E-state index is -0.776. The van der Waals surface area contributed by atoms with Crippen molar-refractivity contribution >= 4 is 23.4 Å². The van der Waals surface area contributed by atoms with E-state index in [9.17, 15) is 14.4 Å². The second kappa shape index (κ2) is 5.55. The average Bonchev–Trinajstić information content (AvgIpc) is 2.99. The van der Waals surface area contributed by atoms with E-state index in [-0.39, 0.29) is 0 Å². The van der Waals surface area contributed by atoms with Crippen LogP contribution in [0.2, 0.25) is 0 Å². The third-order valence-corrected chi connectivity index (χ3v) is 3.78. The molecule has 0 spiro atoms. The Morgan fingerprint density at radius 1 is 1.33 bits per heavy atom. The van der Waals surface area contributed by atoms with E-state index in [0.717, 1.165) is 5.69 Å². The van der Waals surface area contributed by atoms with E-state index < -0.39 is 23.8 Å². The number of carbonyl (C=O) groups excluding carboxylic acids is 3. The summed E-state index contributed by atoms with van der Waals surface area (Å²) in [6.07, 6.45) is 1.16. The van der Waals surface area contributed by atoms with Crippen molar-refractivity contribution < 1.29 is 14.4 Å². The fourth-order valence-corrected chi connectivity index (χ4v) is 2.56. The number of nitrogens with one attached hydrogen (secondary N) is 1. The number of carbonyl (C=O) groups is 3. The molecule has 0 saturated carbocycles. The first kappa shape index (κ1) is 15.0. The van der Waals surface area contributed by atoms with Gasteiger partial charge in [-0.25, -0.2) is 0 Å². The highest BCUT2D eigenvalue weighted by atomic mass is 16.2. The number of aromatic nitrogens is 2. The van der Waals surface area contributed by atoms with Crippen LogP contribution in [-0.2, 0) is 21.4 Å². The highest BCUT2D eigenvalue weighted by molar-refractivity contribution is 6.40. The fourth-order valence-electron chi connectivity index (χ4n) is 2.56. The molecular weight excluding hydrogens is 274 g/mol. The molecule has 1 aromatic rings. The Morgan fingerprint density at radius 2 is 2.00 bits per heavy atom. The summed E-state index contributed by atoms with van der Waals surface area (Å²) in [5.41, 5.74) is 7.15. The van der Waals surface area contributed by atoms with Crippen molar-refractivity contribution in [3.8, 4) is 0 Å². The van der Waals surface area contributed by atoms with Gasteiger partial charge in [0.15, 0.2) is 0 Å². The molecule has 1 atom stereocenters. The van der Waals surface area contributed by atoms with Crippen molar-refractivity contribution in [1.82, 2.24) is 14.7 Å². The SMILES string of the molecule is Cc1nn(C)c(C)c1NC(=O)C(=O)N1CCC[C@H]1C(N)=O. The van der Waals surface area contributed by atoms with Crippen LogP contribution in [0.4, 0.5) is 5.69 Å². The molecule has 8 heteroatoms. The molecule has 1 fully saturated rings. The van der Waals surface area contributed by atoms with Gasteiger partial charge in [-0.15, -0.1) is 0 Å². The van der Waals surface area contributed by atoms with E-state index >= 15 is 0 Å². The highest BCUT2D eigenvalue weighted by Crippen LogP contribution is 2.20. The van der Waals surface area contributed by atoms with Crippen molar-refractivity contribution in [1.29, 1.82) is 0 Å². The van der Waals surface area contributed by atoms with Gasteiger partial charge in [0.25, 0.3) is 0 Å². The third-order valence-electron chi connectivity index (χ3n) is 3.78. The molecule has 2 rings (SSSR count). The number of anilines is 1. The Labute approximate surface area is 122 Å². The van der Waals surface area contributed by atoms with Crippen LogP contribution in [0.1, 0.15) is 24.2 Å². The minimum Gasteiger partial charge on any atom is -0.368 e. The number of hydrogen-bond donors (Lipinski definition) is 2. The van der Waals surface area contributed by atoms with E-state index in [1.54, 1.807) is 25.6 Å². The normalized spacial score (nSPS) is 17.9. The van der Waals surface area contributed by atoms with Crippen molar-refractivity contribution in [2.45, 2.75) is 32.7 Å². The first-order valence-corrected chi connectivity index (χ1v) is 6.74. The van der Waals surface area contributed by atoms with Crippen molar-refractivity contribution in [3.05, 3.63) is 11.4 Å². The lowest BCUT2D eigenvalue weighted by atomic mass is 10.2. The summed E-state index contributed by atoms with van der Waals surface area (Å²) in [7, 11) is 1.75. The smallest absolute Gasteiger partial charge is 0.314 e. The molecule has 3 amide bonds. The standard InChI is InChI=1S/C13H19N5O3/c1-7-10(8(2)17(3)16-7)15-12(20)13(21)18-6-4-5-9(18)11(14)19/h9H,4-6H2,1-3H3,(H2,14,19)(H,15,20)/t9-/m0/s1. The van der Waals surface area contributed by atoms with Gasteiger partial charge < -0.3 is 16.0 Å². The van der Waals surface area contributed by atoms with E-state index in [0.29, 0.717) is 30.8 Å². The molecule has 1 aliphatic rings. The zero-order valence-electron chi connectivity index (χ0n) is 12.3. The lowest BCUT2D eigenvalue weighted by molar-refractivity contribution is -0.145. The summed E-state index contributed by atoms with van der Waals surface area (Å²) in [4.78, 5) is 36.8. The number of hydrogen-bond acceptors (Lipinski definition) is 4. The van der Waals surface area contributed by atoms with Gasteiger partial charge in [-0.1, -0.05) is 0 Å². The first-order valence-electron chi connectivity index (χ1n) is 6.74. The summed E-state index contributed by atoms with van der Waals surface area (Å²) < 4.78 is 1.62. The average molecular weight is 293 g/mol. The zero-order chi connectivity index (χ0) is 15.7. The summed E-state index contributed by atoms with van der Waals surface area (Å²) >= 11 is 0. The molecule has 1 aromatic heterocycles. The van der Waals surface area contributed by atoms with Crippen molar-refractivity contribution in [2.24, 2.45) is 12.8 Å². The number of primary amides is 1. The Bertz CT molecular complexity index is 607. The molecule has 0 unspecified atom stereocenters. The van der Waals surface area contributed by atoms with Gasteiger partial charge in [-0.05, 0) is 26.7 Å². The number of amides is 3. The van der Waals surface area contributed by atoms with Crippen LogP contribution in [-0.4, -0.2) is 45.0 Å². The van der Waals surface area contributed by atoms with Crippen molar-refractivity contribution in [3.63, 3.8) is 0 Å². The molecule has 21 heavy (non-hydrogen) atoms.